The zero-order chi connectivity index (χ0) is 15.2. The standard InChI is InChI=1S/C13H14Br2N2O3S/c14-8-3-4-10(15)12(6-8)21(19,20)17-5-1-2-9-11(17)7-16-13(9)18/h3-4,6,9,11H,1-2,5,7H2,(H,16,18). The Balaban J connectivity index is 2.01. The number of amides is 1. The van der Waals surface area contributed by atoms with Gasteiger partial charge in [0, 0.05) is 22.0 Å². The van der Waals surface area contributed by atoms with Crippen molar-refractivity contribution in [3.63, 3.8) is 0 Å². The Morgan fingerprint density at radius 1 is 1.29 bits per heavy atom. The number of carbonyl (C=O) groups is 1. The summed E-state index contributed by atoms with van der Waals surface area (Å²) in [7, 11) is -3.63. The summed E-state index contributed by atoms with van der Waals surface area (Å²) in [6, 6.07) is 4.80. The minimum atomic E-state index is -3.63. The van der Waals surface area contributed by atoms with Crippen molar-refractivity contribution in [1.29, 1.82) is 0 Å². The molecule has 3 rings (SSSR count). The van der Waals surface area contributed by atoms with Gasteiger partial charge in [0.25, 0.3) is 0 Å². The third-order valence-electron chi connectivity index (χ3n) is 4.03. The van der Waals surface area contributed by atoms with Gasteiger partial charge in [0.05, 0.1) is 16.9 Å². The van der Waals surface area contributed by atoms with Crippen LogP contribution in [0.1, 0.15) is 12.8 Å². The maximum absolute atomic E-state index is 12.9. The second-order valence-electron chi connectivity index (χ2n) is 5.25. The van der Waals surface area contributed by atoms with Gasteiger partial charge in [-0.05, 0) is 47.0 Å². The quantitative estimate of drug-likeness (QED) is 0.770. The lowest BCUT2D eigenvalue weighted by Gasteiger charge is -2.35. The molecule has 0 bridgehead atoms. The van der Waals surface area contributed by atoms with E-state index in [4.69, 9.17) is 0 Å². The second-order valence-corrected chi connectivity index (χ2v) is 8.88. The lowest BCUT2D eigenvalue weighted by molar-refractivity contribution is -0.123. The van der Waals surface area contributed by atoms with Crippen LogP contribution in [0, 0.1) is 5.92 Å². The van der Waals surface area contributed by atoms with Crippen LogP contribution in [0.3, 0.4) is 0 Å². The number of benzene rings is 1. The molecule has 114 valence electrons. The number of rotatable bonds is 2. The summed E-state index contributed by atoms with van der Waals surface area (Å²) >= 11 is 6.62. The largest absolute Gasteiger partial charge is 0.354 e. The fourth-order valence-electron chi connectivity index (χ4n) is 3.01. The van der Waals surface area contributed by atoms with Crippen LogP contribution in [0.2, 0.25) is 0 Å². The average molecular weight is 438 g/mol. The number of halogens is 2. The number of fused-ring (bicyclic) bond motifs is 1. The Kier molecular flexibility index (Phi) is 4.15. The maximum atomic E-state index is 12.9. The predicted molar refractivity (Wildman–Crippen MR) is 85.3 cm³/mol. The molecule has 0 spiro atoms. The van der Waals surface area contributed by atoms with E-state index in [1.807, 2.05) is 0 Å². The summed E-state index contributed by atoms with van der Waals surface area (Å²) < 4.78 is 28.6. The molecule has 2 unspecified atom stereocenters. The highest BCUT2D eigenvalue weighted by Crippen LogP contribution is 2.35. The van der Waals surface area contributed by atoms with Gasteiger partial charge in [-0.2, -0.15) is 4.31 Å². The van der Waals surface area contributed by atoms with Crippen molar-refractivity contribution in [1.82, 2.24) is 9.62 Å². The number of nitrogens with one attached hydrogen (secondary N) is 1. The van der Waals surface area contributed by atoms with E-state index in [0.717, 1.165) is 6.42 Å². The molecule has 1 aromatic carbocycles. The third kappa shape index (κ3) is 2.67. The molecular weight excluding hydrogens is 424 g/mol. The molecule has 2 atom stereocenters. The van der Waals surface area contributed by atoms with E-state index in [9.17, 15) is 13.2 Å². The predicted octanol–water partition coefficient (Wildman–Crippen LogP) is 2.11. The van der Waals surface area contributed by atoms with Crippen LogP contribution in [0.15, 0.2) is 32.0 Å². The SMILES string of the molecule is O=C1NCC2C1CCCN2S(=O)(=O)c1cc(Br)ccc1Br. The van der Waals surface area contributed by atoms with Crippen molar-refractivity contribution in [2.24, 2.45) is 5.92 Å². The van der Waals surface area contributed by atoms with Crippen LogP contribution in [0.5, 0.6) is 0 Å². The van der Waals surface area contributed by atoms with Crippen molar-refractivity contribution >= 4 is 47.8 Å². The molecule has 1 N–H and O–H groups in total. The van der Waals surface area contributed by atoms with Crippen LogP contribution in [-0.2, 0) is 14.8 Å². The van der Waals surface area contributed by atoms with Crippen LogP contribution in [0.25, 0.3) is 0 Å². The number of carbonyl (C=O) groups excluding carboxylic acids is 1. The first-order chi connectivity index (χ1) is 9.91. The van der Waals surface area contributed by atoms with E-state index in [1.165, 1.54) is 4.31 Å². The molecule has 2 heterocycles. The van der Waals surface area contributed by atoms with E-state index in [2.05, 4.69) is 37.2 Å². The Morgan fingerprint density at radius 2 is 2.05 bits per heavy atom. The summed E-state index contributed by atoms with van der Waals surface area (Å²) in [6.45, 7) is 0.853. The van der Waals surface area contributed by atoms with E-state index in [0.29, 0.717) is 28.5 Å². The highest BCUT2D eigenvalue weighted by molar-refractivity contribution is 9.11. The Bertz CT molecular complexity index is 693. The molecule has 1 amide bonds. The lowest BCUT2D eigenvalue weighted by Crippen LogP contribution is -2.48. The van der Waals surface area contributed by atoms with Crippen LogP contribution >= 0.6 is 31.9 Å². The van der Waals surface area contributed by atoms with Crippen molar-refractivity contribution in [2.75, 3.05) is 13.1 Å². The normalized spacial score (nSPS) is 26.5. The molecule has 5 nitrogen and oxygen atoms in total. The first-order valence-electron chi connectivity index (χ1n) is 6.66. The molecule has 0 aromatic heterocycles. The topological polar surface area (TPSA) is 66.5 Å². The highest BCUT2D eigenvalue weighted by atomic mass is 79.9. The first-order valence-corrected chi connectivity index (χ1v) is 9.68. The minimum absolute atomic E-state index is 0.0341. The summed E-state index contributed by atoms with van der Waals surface area (Å²) in [5.74, 6) is -0.257. The summed E-state index contributed by atoms with van der Waals surface area (Å²) in [6.07, 6.45) is 1.46. The Morgan fingerprint density at radius 3 is 2.81 bits per heavy atom. The summed E-state index contributed by atoms with van der Waals surface area (Å²) in [4.78, 5) is 12.0. The number of hydrogen-bond acceptors (Lipinski definition) is 3. The third-order valence-corrected chi connectivity index (χ3v) is 7.44. The molecule has 0 saturated carbocycles. The van der Waals surface area contributed by atoms with E-state index >= 15 is 0 Å². The van der Waals surface area contributed by atoms with Crippen molar-refractivity contribution in [2.45, 2.75) is 23.8 Å². The molecule has 2 aliphatic rings. The van der Waals surface area contributed by atoms with Gasteiger partial charge in [-0.1, -0.05) is 15.9 Å². The monoisotopic (exact) mass is 436 g/mol. The van der Waals surface area contributed by atoms with Gasteiger partial charge in [-0.3, -0.25) is 4.79 Å². The van der Waals surface area contributed by atoms with Crippen LogP contribution < -0.4 is 5.32 Å². The summed E-state index contributed by atoms with van der Waals surface area (Å²) in [5.41, 5.74) is 0. The molecule has 0 aliphatic carbocycles. The smallest absolute Gasteiger partial charge is 0.244 e. The molecule has 2 fully saturated rings. The zero-order valence-corrected chi connectivity index (χ0v) is 15.0. The lowest BCUT2D eigenvalue weighted by atomic mass is 9.93. The number of nitrogens with zero attached hydrogens (tertiary/aromatic N) is 1. The van der Waals surface area contributed by atoms with Crippen molar-refractivity contribution in [3.8, 4) is 0 Å². The van der Waals surface area contributed by atoms with Gasteiger partial charge in [-0.25, -0.2) is 8.42 Å². The van der Waals surface area contributed by atoms with Crippen LogP contribution in [0.4, 0.5) is 0 Å². The van der Waals surface area contributed by atoms with Gasteiger partial charge in [-0.15, -0.1) is 0 Å². The van der Waals surface area contributed by atoms with Gasteiger partial charge in [0.15, 0.2) is 0 Å². The molecule has 1 aromatic rings. The summed E-state index contributed by atoms with van der Waals surface area (Å²) in [5, 5.41) is 2.78. The van der Waals surface area contributed by atoms with Crippen LogP contribution in [-0.4, -0.2) is 37.8 Å². The average Bonchev–Trinajstić information content (AvgIpc) is 2.83. The van der Waals surface area contributed by atoms with E-state index in [1.54, 1.807) is 18.2 Å². The van der Waals surface area contributed by atoms with Gasteiger partial charge in [0.1, 0.15) is 0 Å². The zero-order valence-electron chi connectivity index (χ0n) is 11.1. The number of piperidine rings is 1. The van der Waals surface area contributed by atoms with E-state index < -0.39 is 10.0 Å². The Labute approximate surface area is 140 Å². The van der Waals surface area contributed by atoms with Gasteiger partial charge >= 0.3 is 0 Å². The minimum Gasteiger partial charge on any atom is -0.354 e. The number of sulfonamides is 1. The van der Waals surface area contributed by atoms with Crippen molar-refractivity contribution in [3.05, 3.63) is 27.1 Å². The maximum Gasteiger partial charge on any atom is 0.244 e. The molecule has 2 aliphatic heterocycles. The van der Waals surface area contributed by atoms with E-state index in [-0.39, 0.29) is 22.8 Å². The second kappa shape index (κ2) is 5.64. The van der Waals surface area contributed by atoms with Gasteiger partial charge in [0.2, 0.25) is 15.9 Å². The molecular formula is C13H14Br2N2O3S. The molecule has 8 heteroatoms. The molecule has 0 radical (unpaired) electrons. The fourth-order valence-corrected chi connectivity index (χ4v) is 6.18. The van der Waals surface area contributed by atoms with Gasteiger partial charge < -0.3 is 5.32 Å². The fraction of sp³-hybridized carbons (Fsp3) is 0.462. The highest BCUT2D eigenvalue weighted by Gasteiger charge is 2.45. The van der Waals surface area contributed by atoms with Crippen molar-refractivity contribution < 1.29 is 13.2 Å². The molecule has 2 saturated heterocycles. The number of hydrogen-bond donors (Lipinski definition) is 1. The Hall–Kier alpha value is -0.440. The molecule has 21 heavy (non-hydrogen) atoms. The first kappa shape index (κ1) is 15.5.